The molecule has 10 nitrogen and oxygen atoms in total. The summed E-state index contributed by atoms with van der Waals surface area (Å²) in [7, 11) is 0. The predicted molar refractivity (Wildman–Crippen MR) is 136 cm³/mol. The van der Waals surface area contributed by atoms with Crippen molar-refractivity contribution in [2.24, 2.45) is 0 Å². The Balaban J connectivity index is 1.57. The van der Waals surface area contributed by atoms with E-state index in [4.69, 9.17) is 24.4 Å². The predicted octanol–water partition coefficient (Wildman–Crippen LogP) is 4.44. The molecule has 1 aromatic heterocycles. The van der Waals surface area contributed by atoms with Crippen molar-refractivity contribution in [1.82, 2.24) is 20.2 Å². The summed E-state index contributed by atoms with van der Waals surface area (Å²) in [6.45, 7) is 11.2. The normalized spacial score (nSPS) is 14.1. The van der Waals surface area contributed by atoms with Gasteiger partial charge >= 0.3 is 6.09 Å². The van der Waals surface area contributed by atoms with Crippen LogP contribution in [0.5, 0.6) is 17.5 Å². The van der Waals surface area contributed by atoms with Crippen molar-refractivity contribution in [1.29, 1.82) is 5.41 Å². The van der Waals surface area contributed by atoms with Gasteiger partial charge in [0.25, 0.3) is 0 Å². The summed E-state index contributed by atoms with van der Waals surface area (Å²) in [5.74, 6) is -0.0308. The lowest BCUT2D eigenvalue weighted by atomic mass is 10.1. The standard InChI is InChI=1S/C26H36FN5O5/c1-16(2)34-13-10-29-23(28)19-6-7-22(21(27)14-19)37-25-18(5)24(30-15-31-25)36-20-8-11-32(12-9-20)26(33)35-17(3)4/h6-7,14-17,20H,8-13H2,1-5H3,(H2,28,29). The molecule has 1 aliphatic rings. The van der Waals surface area contributed by atoms with Gasteiger partial charge in [-0.3, -0.25) is 5.41 Å². The fraction of sp³-hybridized carbons (Fsp3) is 0.538. The van der Waals surface area contributed by atoms with Crippen LogP contribution in [0.3, 0.4) is 0 Å². The van der Waals surface area contributed by atoms with Crippen molar-refractivity contribution in [2.45, 2.75) is 65.8 Å². The van der Waals surface area contributed by atoms with Crippen LogP contribution in [-0.4, -0.2) is 71.3 Å². The van der Waals surface area contributed by atoms with Crippen LogP contribution in [0.4, 0.5) is 9.18 Å². The molecule has 1 aromatic carbocycles. The zero-order valence-electron chi connectivity index (χ0n) is 22.0. The van der Waals surface area contributed by atoms with Gasteiger partial charge in [0, 0.05) is 38.0 Å². The summed E-state index contributed by atoms with van der Waals surface area (Å²) in [6.07, 6.45) is 2.06. The summed E-state index contributed by atoms with van der Waals surface area (Å²) < 4.78 is 37.3. The molecule has 202 valence electrons. The van der Waals surface area contributed by atoms with E-state index in [-0.39, 0.29) is 41.9 Å². The molecule has 11 heteroatoms. The molecule has 1 aliphatic heterocycles. The van der Waals surface area contributed by atoms with Crippen LogP contribution in [0.2, 0.25) is 0 Å². The van der Waals surface area contributed by atoms with Gasteiger partial charge in [0.15, 0.2) is 11.6 Å². The number of hydrogen-bond donors (Lipinski definition) is 2. The minimum Gasteiger partial charge on any atom is -0.474 e. The van der Waals surface area contributed by atoms with Gasteiger partial charge in [-0.05, 0) is 52.8 Å². The Morgan fingerprint density at radius 2 is 1.86 bits per heavy atom. The number of halogens is 1. The Kier molecular flexibility index (Phi) is 10.0. The van der Waals surface area contributed by atoms with Gasteiger partial charge in [0.1, 0.15) is 18.3 Å². The van der Waals surface area contributed by atoms with E-state index >= 15 is 0 Å². The molecule has 2 heterocycles. The highest BCUT2D eigenvalue weighted by atomic mass is 19.1. The van der Waals surface area contributed by atoms with Crippen LogP contribution in [0.1, 0.15) is 51.7 Å². The Hall–Kier alpha value is -3.47. The fourth-order valence-corrected chi connectivity index (χ4v) is 3.65. The molecule has 1 fully saturated rings. The molecule has 2 aromatic rings. The second-order valence-electron chi connectivity index (χ2n) is 9.31. The van der Waals surface area contributed by atoms with Crippen molar-refractivity contribution >= 4 is 11.9 Å². The second kappa shape index (κ2) is 13.2. The average Bonchev–Trinajstić information content (AvgIpc) is 2.85. The maximum Gasteiger partial charge on any atom is 0.410 e. The summed E-state index contributed by atoms with van der Waals surface area (Å²) in [4.78, 5) is 22.1. The van der Waals surface area contributed by atoms with Crippen LogP contribution in [0.15, 0.2) is 24.5 Å². The first-order chi connectivity index (χ1) is 17.6. The number of amidine groups is 1. The molecule has 0 atom stereocenters. The first-order valence-corrected chi connectivity index (χ1v) is 12.5. The van der Waals surface area contributed by atoms with Crippen LogP contribution >= 0.6 is 0 Å². The van der Waals surface area contributed by atoms with Gasteiger partial charge in [-0.1, -0.05) is 0 Å². The largest absolute Gasteiger partial charge is 0.474 e. The van der Waals surface area contributed by atoms with E-state index in [1.54, 1.807) is 17.9 Å². The number of hydrogen-bond acceptors (Lipinski definition) is 8. The maximum atomic E-state index is 14.8. The molecule has 0 aliphatic carbocycles. The van der Waals surface area contributed by atoms with Crippen molar-refractivity contribution in [2.75, 3.05) is 26.2 Å². The second-order valence-corrected chi connectivity index (χ2v) is 9.31. The van der Waals surface area contributed by atoms with Gasteiger partial charge in [-0.15, -0.1) is 0 Å². The van der Waals surface area contributed by atoms with Gasteiger partial charge in [0.2, 0.25) is 11.8 Å². The Labute approximate surface area is 217 Å². The molecule has 37 heavy (non-hydrogen) atoms. The van der Waals surface area contributed by atoms with Gasteiger partial charge in [0.05, 0.1) is 24.4 Å². The summed E-state index contributed by atoms with van der Waals surface area (Å²) in [6, 6.07) is 4.29. The Morgan fingerprint density at radius 1 is 1.16 bits per heavy atom. The SMILES string of the molecule is Cc1c(Oc2ccc(C(=N)NCCOC(C)C)cc2F)ncnc1OC1CCN(C(=O)OC(C)C)CC1. The van der Waals surface area contributed by atoms with Crippen molar-refractivity contribution in [3.8, 4) is 17.5 Å². The molecular weight excluding hydrogens is 481 g/mol. The minimum atomic E-state index is -0.622. The monoisotopic (exact) mass is 517 g/mol. The number of carbonyl (C=O) groups excluding carboxylic acids is 1. The molecule has 3 rings (SSSR count). The van der Waals surface area contributed by atoms with E-state index in [2.05, 4.69) is 15.3 Å². The number of benzene rings is 1. The topological polar surface area (TPSA) is 119 Å². The minimum absolute atomic E-state index is 0.0237. The molecule has 1 amide bonds. The highest BCUT2D eigenvalue weighted by molar-refractivity contribution is 5.96. The van der Waals surface area contributed by atoms with Gasteiger partial charge in [-0.2, -0.15) is 0 Å². The number of likely N-dealkylation sites (tertiary alicyclic amines) is 1. The third kappa shape index (κ3) is 8.28. The van der Waals surface area contributed by atoms with Crippen LogP contribution in [0, 0.1) is 18.2 Å². The summed E-state index contributed by atoms with van der Waals surface area (Å²) in [5.41, 5.74) is 0.925. The number of carbonyl (C=O) groups is 1. The van der Waals surface area contributed by atoms with E-state index in [9.17, 15) is 9.18 Å². The zero-order chi connectivity index (χ0) is 26.9. The third-order valence-electron chi connectivity index (χ3n) is 5.59. The summed E-state index contributed by atoms with van der Waals surface area (Å²) >= 11 is 0. The Bertz CT molecular complexity index is 1070. The van der Waals surface area contributed by atoms with Gasteiger partial charge < -0.3 is 29.2 Å². The number of ether oxygens (including phenoxy) is 4. The van der Waals surface area contributed by atoms with Gasteiger partial charge in [-0.25, -0.2) is 19.2 Å². The first kappa shape index (κ1) is 28.1. The third-order valence-corrected chi connectivity index (χ3v) is 5.59. The average molecular weight is 518 g/mol. The maximum absolute atomic E-state index is 14.8. The van der Waals surface area contributed by atoms with E-state index in [1.165, 1.54) is 18.5 Å². The number of rotatable bonds is 10. The van der Waals surface area contributed by atoms with Crippen molar-refractivity contribution < 1.29 is 28.1 Å². The fourth-order valence-electron chi connectivity index (χ4n) is 3.65. The van der Waals surface area contributed by atoms with E-state index in [0.29, 0.717) is 56.1 Å². The highest BCUT2D eigenvalue weighted by Crippen LogP contribution is 2.30. The Morgan fingerprint density at radius 3 is 2.51 bits per heavy atom. The number of nitrogens with zero attached hydrogens (tertiary/aromatic N) is 3. The smallest absolute Gasteiger partial charge is 0.410 e. The number of nitrogens with one attached hydrogen (secondary N) is 2. The molecular formula is C26H36FN5O5. The van der Waals surface area contributed by atoms with Crippen molar-refractivity contribution in [3.63, 3.8) is 0 Å². The van der Waals surface area contributed by atoms with E-state index in [1.807, 2.05) is 27.7 Å². The molecule has 0 bridgehead atoms. The van der Waals surface area contributed by atoms with Crippen LogP contribution in [0.25, 0.3) is 0 Å². The molecule has 2 N–H and O–H groups in total. The zero-order valence-corrected chi connectivity index (χ0v) is 22.0. The van der Waals surface area contributed by atoms with E-state index in [0.717, 1.165) is 0 Å². The molecule has 0 saturated carbocycles. The summed E-state index contributed by atoms with van der Waals surface area (Å²) in [5, 5.41) is 11.0. The number of aromatic nitrogens is 2. The highest BCUT2D eigenvalue weighted by Gasteiger charge is 2.26. The van der Waals surface area contributed by atoms with Crippen LogP contribution < -0.4 is 14.8 Å². The lowest BCUT2D eigenvalue weighted by molar-refractivity contribution is 0.0505. The number of amides is 1. The quantitative estimate of drug-likeness (QED) is 0.270. The van der Waals surface area contributed by atoms with Crippen molar-refractivity contribution in [3.05, 3.63) is 41.5 Å². The van der Waals surface area contributed by atoms with Crippen LogP contribution in [-0.2, 0) is 9.47 Å². The lowest BCUT2D eigenvalue weighted by Crippen LogP contribution is -2.42. The lowest BCUT2D eigenvalue weighted by Gasteiger charge is -2.31. The number of piperidine rings is 1. The molecule has 0 spiro atoms. The molecule has 0 unspecified atom stereocenters. The first-order valence-electron chi connectivity index (χ1n) is 12.5. The molecule has 0 radical (unpaired) electrons. The van der Waals surface area contributed by atoms with E-state index < -0.39 is 5.82 Å². The molecule has 1 saturated heterocycles.